The fourth-order valence-electron chi connectivity index (χ4n) is 1.05. The summed E-state index contributed by atoms with van der Waals surface area (Å²) in [7, 11) is 0. The molecule has 1 aromatic rings. The van der Waals surface area contributed by atoms with Crippen molar-refractivity contribution in [3.05, 3.63) is 30.3 Å². The summed E-state index contributed by atoms with van der Waals surface area (Å²) in [5, 5.41) is -0.756. The Kier molecular flexibility index (Phi) is 4.24. The third-order valence-corrected chi connectivity index (χ3v) is 4.97. The molecule has 15 heavy (non-hydrogen) atoms. The van der Waals surface area contributed by atoms with Crippen molar-refractivity contribution < 1.29 is 16.6 Å². The van der Waals surface area contributed by atoms with E-state index in [0.29, 0.717) is 0 Å². The first kappa shape index (κ1) is 12.1. The van der Waals surface area contributed by atoms with Crippen molar-refractivity contribution in [1.29, 1.82) is 0 Å². The summed E-state index contributed by atoms with van der Waals surface area (Å²) in [6.07, 6.45) is 0. The first-order chi connectivity index (χ1) is 7.06. The van der Waals surface area contributed by atoms with Crippen LogP contribution >= 0.6 is 0 Å². The number of carbonyl (C=O) groups is 1. The third kappa shape index (κ3) is 3.61. The molecule has 0 aliphatic rings. The Balaban J connectivity index is 2.71. The van der Waals surface area contributed by atoms with E-state index in [9.17, 15) is 11.9 Å². The molecule has 2 nitrogen and oxygen atoms in total. The summed E-state index contributed by atoms with van der Waals surface area (Å²) < 4.78 is 31.7. The van der Waals surface area contributed by atoms with E-state index in [-0.39, 0.29) is 11.1 Å². The molecule has 0 aromatic heterocycles. The molecule has 84 valence electrons. The number of rotatable bonds is 4. The standard InChI is InChI=1S/C10H12F2O2Se/c1-2-14-10(13)8-15(11,12)9-6-4-3-5-7-9/h3-7H,2,8H2,1H3. The van der Waals surface area contributed by atoms with Gasteiger partial charge in [0, 0.05) is 0 Å². The van der Waals surface area contributed by atoms with Crippen molar-refractivity contribution in [2.45, 2.75) is 12.2 Å². The van der Waals surface area contributed by atoms with Gasteiger partial charge >= 0.3 is 90.0 Å². The second-order valence-corrected chi connectivity index (χ2v) is 6.85. The van der Waals surface area contributed by atoms with Crippen LogP contribution in [0.25, 0.3) is 0 Å². The van der Waals surface area contributed by atoms with E-state index in [0.717, 1.165) is 0 Å². The molecular weight excluding hydrogens is 269 g/mol. The Hall–Kier alpha value is -0.931. The van der Waals surface area contributed by atoms with Gasteiger partial charge in [-0.05, 0) is 0 Å². The zero-order valence-electron chi connectivity index (χ0n) is 8.28. The Labute approximate surface area is 90.4 Å². The average Bonchev–Trinajstić information content (AvgIpc) is 2.18. The van der Waals surface area contributed by atoms with E-state index >= 15 is 0 Å². The molecule has 0 bridgehead atoms. The van der Waals surface area contributed by atoms with Crippen molar-refractivity contribution >= 4 is 24.2 Å². The molecule has 0 N–H and O–H groups in total. The van der Waals surface area contributed by atoms with Crippen molar-refractivity contribution in [3.63, 3.8) is 0 Å². The van der Waals surface area contributed by atoms with Crippen LogP contribution in [0.5, 0.6) is 0 Å². The SMILES string of the molecule is CCOC(=O)C[Se](F)(F)c1ccccc1. The zero-order chi connectivity index (χ0) is 11.3. The van der Waals surface area contributed by atoms with Gasteiger partial charge in [0.1, 0.15) is 0 Å². The molecule has 0 aliphatic heterocycles. The van der Waals surface area contributed by atoms with E-state index in [1.165, 1.54) is 12.1 Å². The summed E-state index contributed by atoms with van der Waals surface area (Å²) in [6.45, 7) is 1.74. The van der Waals surface area contributed by atoms with Crippen LogP contribution in [-0.2, 0) is 9.53 Å². The molecule has 0 heterocycles. The van der Waals surface area contributed by atoms with Crippen molar-refractivity contribution in [3.8, 4) is 0 Å². The Morgan fingerprint density at radius 1 is 1.33 bits per heavy atom. The number of carbonyl (C=O) groups excluding carboxylic acids is 1. The third-order valence-electron chi connectivity index (χ3n) is 1.69. The minimum absolute atomic E-state index is 0.0122. The molecule has 0 saturated heterocycles. The van der Waals surface area contributed by atoms with Crippen LogP contribution in [0.2, 0.25) is 5.32 Å². The van der Waals surface area contributed by atoms with Crippen LogP contribution < -0.4 is 4.46 Å². The summed E-state index contributed by atoms with van der Waals surface area (Å²) in [5.74, 6) is -0.814. The van der Waals surface area contributed by atoms with Crippen LogP contribution in [0.15, 0.2) is 30.3 Å². The summed E-state index contributed by atoms with van der Waals surface area (Å²) in [5.41, 5.74) is 0. The number of benzene rings is 1. The molecule has 0 fully saturated rings. The Morgan fingerprint density at radius 2 is 1.93 bits per heavy atom. The van der Waals surface area contributed by atoms with Gasteiger partial charge in [-0.15, -0.1) is 0 Å². The Bertz CT molecular complexity index is 327. The fraction of sp³-hybridized carbons (Fsp3) is 0.300. The first-order valence-corrected chi connectivity index (χ1v) is 7.83. The van der Waals surface area contributed by atoms with Crippen LogP contribution in [0.3, 0.4) is 0 Å². The summed E-state index contributed by atoms with van der Waals surface area (Å²) >= 11 is -4.84. The number of hydrogen-bond donors (Lipinski definition) is 0. The molecule has 0 atom stereocenters. The number of ether oxygens (including phenoxy) is 1. The van der Waals surface area contributed by atoms with Crippen molar-refractivity contribution in [2.24, 2.45) is 0 Å². The quantitative estimate of drug-likeness (QED) is 0.622. The normalized spacial score (nSPS) is 12.2. The van der Waals surface area contributed by atoms with Gasteiger partial charge < -0.3 is 0 Å². The minimum atomic E-state index is -4.84. The summed E-state index contributed by atoms with van der Waals surface area (Å²) in [6, 6.07) is 7.48. The fourth-order valence-corrected chi connectivity index (χ4v) is 3.36. The number of halogens is 2. The maximum absolute atomic E-state index is 13.6. The molecule has 1 aromatic carbocycles. The maximum atomic E-state index is 13.6. The van der Waals surface area contributed by atoms with Crippen LogP contribution in [0.1, 0.15) is 6.92 Å². The van der Waals surface area contributed by atoms with Crippen LogP contribution in [0, 0.1) is 0 Å². The van der Waals surface area contributed by atoms with Crippen LogP contribution in [-0.4, -0.2) is 26.3 Å². The van der Waals surface area contributed by atoms with Gasteiger partial charge in [0.25, 0.3) is 0 Å². The van der Waals surface area contributed by atoms with E-state index in [4.69, 9.17) is 0 Å². The van der Waals surface area contributed by atoms with Gasteiger partial charge in [-0.2, -0.15) is 0 Å². The second kappa shape index (κ2) is 5.24. The van der Waals surface area contributed by atoms with Gasteiger partial charge in [-0.25, -0.2) is 0 Å². The van der Waals surface area contributed by atoms with E-state index in [2.05, 4.69) is 4.74 Å². The zero-order valence-corrected chi connectivity index (χ0v) is 9.99. The molecule has 0 spiro atoms. The molecule has 0 radical (unpaired) electrons. The first-order valence-electron chi connectivity index (χ1n) is 4.47. The average molecular weight is 281 g/mol. The van der Waals surface area contributed by atoms with E-state index in [1.807, 2.05) is 0 Å². The monoisotopic (exact) mass is 282 g/mol. The predicted octanol–water partition coefficient (Wildman–Crippen LogP) is 1.84. The molecule has 5 heteroatoms. The van der Waals surface area contributed by atoms with Gasteiger partial charge in [0.05, 0.1) is 0 Å². The topological polar surface area (TPSA) is 26.3 Å². The van der Waals surface area contributed by atoms with Gasteiger partial charge in [0.2, 0.25) is 0 Å². The Morgan fingerprint density at radius 3 is 2.47 bits per heavy atom. The number of esters is 1. The second-order valence-electron chi connectivity index (χ2n) is 2.84. The molecule has 0 unspecified atom stereocenters. The van der Waals surface area contributed by atoms with E-state index in [1.54, 1.807) is 25.1 Å². The summed E-state index contributed by atoms with van der Waals surface area (Å²) in [4.78, 5) is 11.0. The van der Waals surface area contributed by atoms with E-state index < -0.39 is 25.0 Å². The van der Waals surface area contributed by atoms with Crippen molar-refractivity contribution in [1.82, 2.24) is 0 Å². The van der Waals surface area contributed by atoms with Gasteiger partial charge in [-0.1, -0.05) is 0 Å². The number of hydrogen-bond acceptors (Lipinski definition) is 2. The predicted molar refractivity (Wildman–Crippen MR) is 55.5 cm³/mol. The molecule has 0 amide bonds. The van der Waals surface area contributed by atoms with Gasteiger partial charge in [-0.3, -0.25) is 0 Å². The molecule has 0 saturated carbocycles. The molecule has 1 rings (SSSR count). The van der Waals surface area contributed by atoms with Crippen LogP contribution in [0.4, 0.5) is 7.10 Å². The molecule has 0 aliphatic carbocycles. The molecular formula is C10H12F2O2Se. The van der Waals surface area contributed by atoms with Gasteiger partial charge in [0.15, 0.2) is 0 Å². The van der Waals surface area contributed by atoms with Crippen molar-refractivity contribution in [2.75, 3.05) is 6.61 Å².